The van der Waals surface area contributed by atoms with Gasteiger partial charge in [-0.1, -0.05) is 6.92 Å². The van der Waals surface area contributed by atoms with Crippen molar-refractivity contribution < 1.29 is 13.2 Å². The van der Waals surface area contributed by atoms with E-state index in [2.05, 4.69) is 14.6 Å². The minimum atomic E-state index is -2.73. The van der Waals surface area contributed by atoms with Gasteiger partial charge in [0.2, 0.25) is 5.89 Å². The van der Waals surface area contributed by atoms with Crippen LogP contribution in [0.5, 0.6) is 0 Å². The molecule has 0 aliphatic rings. The number of hydrogen-bond acceptors (Lipinski definition) is 4. The van der Waals surface area contributed by atoms with Crippen LogP contribution in [-0.4, -0.2) is 10.2 Å². The van der Waals surface area contributed by atoms with Gasteiger partial charge in [0.1, 0.15) is 0 Å². The predicted octanol–water partition coefficient (Wildman–Crippen LogP) is 1.42. The highest BCUT2D eigenvalue weighted by molar-refractivity contribution is 4.88. The Morgan fingerprint density at radius 3 is 2.42 bits per heavy atom. The van der Waals surface area contributed by atoms with Crippen molar-refractivity contribution in [2.45, 2.75) is 25.8 Å². The van der Waals surface area contributed by atoms with Crippen LogP contribution in [0, 0.1) is 0 Å². The van der Waals surface area contributed by atoms with E-state index in [-0.39, 0.29) is 5.89 Å². The van der Waals surface area contributed by atoms with Crippen molar-refractivity contribution in [2.75, 3.05) is 0 Å². The van der Waals surface area contributed by atoms with Crippen molar-refractivity contribution in [3.8, 4) is 0 Å². The summed E-state index contributed by atoms with van der Waals surface area (Å²) >= 11 is 0. The molecule has 0 aliphatic carbocycles. The third kappa shape index (κ3) is 1.76. The molecule has 1 unspecified atom stereocenters. The highest BCUT2D eigenvalue weighted by Crippen LogP contribution is 2.19. The van der Waals surface area contributed by atoms with Gasteiger partial charge in [0.25, 0.3) is 5.89 Å². The van der Waals surface area contributed by atoms with Crippen LogP contribution in [0.2, 0.25) is 0 Å². The first-order valence-corrected chi connectivity index (χ1v) is 3.52. The van der Waals surface area contributed by atoms with Gasteiger partial charge in [0.15, 0.2) is 0 Å². The van der Waals surface area contributed by atoms with Gasteiger partial charge in [0, 0.05) is 0 Å². The van der Waals surface area contributed by atoms with Crippen molar-refractivity contribution in [3.63, 3.8) is 0 Å². The average Bonchev–Trinajstić information content (AvgIpc) is 2.51. The summed E-state index contributed by atoms with van der Waals surface area (Å²) in [5.74, 6) is -0.610. The predicted molar refractivity (Wildman–Crippen MR) is 36.5 cm³/mol. The first-order chi connectivity index (χ1) is 5.65. The second kappa shape index (κ2) is 3.57. The van der Waals surface area contributed by atoms with Crippen molar-refractivity contribution in [1.82, 2.24) is 10.2 Å². The van der Waals surface area contributed by atoms with Gasteiger partial charge in [-0.3, -0.25) is 0 Å². The van der Waals surface area contributed by atoms with Crippen LogP contribution in [-0.2, 0) is 0 Å². The molecule has 1 atom stereocenters. The van der Waals surface area contributed by atoms with Gasteiger partial charge in [-0.2, -0.15) is 8.78 Å². The number of aromatic nitrogens is 2. The lowest BCUT2D eigenvalue weighted by Gasteiger charge is -1.99. The SMILES string of the molecule is CCC(N)c1nnc(C(F)F)o1. The standard InChI is InChI=1S/C6H9F2N3O/c1-2-3(9)5-10-11-6(12-5)4(7)8/h3-4H,2,9H2,1H3. The molecular weight excluding hydrogens is 168 g/mol. The van der Waals surface area contributed by atoms with Crippen LogP contribution >= 0.6 is 0 Å². The monoisotopic (exact) mass is 177 g/mol. The summed E-state index contributed by atoms with van der Waals surface area (Å²) in [5.41, 5.74) is 5.47. The summed E-state index contributed by atoms with van der Waals surface area (Å²) in [5, 5.41) is 6.52. The number of nitrogens with zero attached hydrogens (tertiary/aromatic N) is 2. The maximum Gasteiger partial charge on any atom is 0.314 e. The van der Waals surface area contributed by atoms with Crippen molar-refractivity contribution in [1.29, 1.82) is 0 Å². The van der Waals surface area contributed by atoms with Crippen molar-refractivity contribution in [2.24, 2.45) is 5.73 Å². The molecule has 1 aromatic heterocycles. The van der Waals surface area contributed by atoms with E-state index in [4.69, 9.17) is 5.73 Å². The van der Waals surface area contributed by atoms with Gasteiger partial charge < -0.3 is 10.2 Å². The topological polar surface area (TPSA) is 64.9 Å². The van der Waals surface area contributed by atoms with E-state index in [1.54, 1.807) is 6.92 Å². The Labute approximate surface area is 67.8 Å². The van der Waals surface area contributed by atoms with Gasteiger partial charge in [-0.05, 0) is 6.42 Å². The van der Waals surface area contributed by atoms with Gasteiger partial charge in [0.05, 0.1) is 6.04 Å². The summed E-state index contributed by atoms with van der Waals surface area (Å²) < 4.78 is 28.4. The molecule has 1 heterocycles. The lowest BCUT2D eigenvalue weighted by molar-refractivity contribution is 0.112. The van der Waals surface area contributed by atoms with E-state index >= 15 is 0 Å². The number of hydrogen-bond donors (Lipinski definition) is 1. The van der Waals surface area contributed by atoms with Gasteiger partial charge in [-0.15, -0.1) is 10.2 Å². The lowest BCUT2D eigenvalue weighted by atomic mass is 10.2. The molecule has 2 N–H and O–H groups in total. The Morgan fingerprint density at radius 2 is 2.00 bits per heavy atom. The van der Waals surface area contributed by atoms with E-state index in [0.717, 1.165) is 0 Å². The second-order valence-corrected chi connectivity index (χ2v) is 2.29. The maximum absolute atomic E-state index is 11.9. The molecule has 1 rings (SSSR count). The molecular formula is C6H9F2N3O. The Hall–Kier alpha value is -1.04. The molecule has 0 spiro atoms. The third-order valence-electron chi connectivity index (χ3n) is 1.40. The molecule has 6 heteroatoms. The zero-order valence-electron chi connectivity index (χ0n) is 6.50. The van der Waals surface area contributed by atoms with Crippen LogP contribution in [0.4, 0.5) is 8.78 Å². The first-order valence-electron chi connectivity index (χ1n) is 3.52. The largest absolute Gasteiger partial charge is 0.418 e. The van der Waals surface area contributed by atoms with Crippen molar-refractivity contribution >= 4 is 0 Å². The van der Waals surface area contributed by atoms with Gasteiger partial charge in [-0.25, -0.2) is 0 Å². The zero-order valence-corrected chi connectivity index (χ0v) is 6.50. The third-order valence-corrected chi connectivity index (χ3v) is 1.40. The summed E-state index contributed by atoms with van der Waals surface area (Å²) in [7, 11) is 0. The number of halogens is 2. The Kier molecular flexibility index (Phi) is 2.69. The van der Waals surface area contributed by atoms with E-state index in [1.807, 2.05) is 0 Å². The van der Waals surface area contributed by atoms with E-state index in [0.29, 0.717) is 6.42 Å². The van der Waals surface area contributed by atoms with Gasteiger partial charge >= 0.3 is 6.43 Å². The van der Waals surface area contributed by atoms with Crippen LogP contribution in [0.15, 0.2) is 4.42 Å². The highest BCUT2D eigenvalue weighted by Gasteiger charge is 2.18. The van der Waals surface area contributed by atoms with Crippen LogP contribution in [0.25, 0.3) is 0 Å². The van der Waals surface area contributed by atoms with Crippen LogP contribution in [0.1, 0.15) is 37.6 Å². The molecule has 0 radical (unpaired) electrons. The summed E-state index contributed by atoms with van der Waals surface area (Å²) in [6, 6.07) is -0.454. The fourth-order valence-electron chi connectivity index (χ4n) is 0.659. The van der Waals surface area contributed by atoms with Crippen LogP contribution in [0.3, 0.4) is 0 Å². The molecule has 0 aliphatic heterocycles. The maximum atomic E-state index is 11.9. The fourth-order valence-corrected chi connectivity index (χ4v) is 0.659. The van der Waals surface area contributed by atoms with Crippen molar-refractivity contribution in [3.05, 3.63) is 11.8 Å². The average molecular weight is 177 g/mol. The summed E-state index contributed by atoms with van der Waals surface area (Å²) in [4.78, 5) is 0. The molecule has 0 saturated heterocycles. The molecule has 0 fully saturated rings. The Morgan fingerprint density at radius 1 is 1.42 bits per heavy atom. The number of rotatable bonds is 3. The number of alkyl halides is 2. The highest BCUT2D eigenvalue weighted by atomic mass is 19.3. The second-order valence-electron chi connectivity index (χ2n) is 2.29. The molecule has 68 valence electrons. The normalized spacial score (nSPS) is 13.8. The quantitative estimate of drug-likeness (QED) is 0.758. The molecule has 4 nitrogen and oxygen atoms in total. The molecule has 12 heavy (non-hydrogen) atoms. The smallest absolute Gasteiger partial charge is 0.314 e. The molecule has 0 bridgehead atoms. The lowest BCUT2D eigenvalue weighted by Crippen LogP contribution is -2.08. The van der Waals surface area contributed by atoms with Crippen LogP contribution < -0.4 is 5.73 Å². The zero-order chi connectivity index (χ0) is 9.14. The minimum Gasteiger partial charge on any atom is -0.418 e. The number of nitrogens with two attached hydrogens (primary N) is 1. The molecule has 0 amide bonds. The fraction of sp³-hybridized carbons (Fsp3) is 0.667. The molecule has 0 aromatic carbocycles. The van der Waals surface area contributed by atoms with E-state index in [1.165, 1.54) is 0 Å². The Balaban J connectivity index is 2.77. The van der Waals surface area contributed by atoms with E-state index < -0.39 is 18.4 Å². The molecule has 0 saturated carbocycles. The summed E-state index contributed by atoms with van der Waals surface area (Å²) in [6.07, 6.45) is -2.15. The Bertz CT molecular complexity index is 251. The van der Waals surface area contributed by atoms with E-state index in [9.17, 15) is 8.78 Å². The first kappa shape index (κ1) is 9.05. The minimum absolute atomic E-state index is 0.0628. The summed E-state index contributed by atoms with van der Waals surface area (Å²) in [6.45, 7) is 1.80. The molecule has 1 aromatic rings.